The predicted octanol–water partition coefficient (Wildman–Crippen LogP) is 1.57. The molecule has 0 atom stereocenters. The number of aliphatic carboxylic acids is 1. The molecule has 5 nitrogen and oxygen atoms in total. The number of carbonyl (C=O) groups is 2. The summed E-state index contributed by atoms with van der Waals surface area (Å²) in [6.45, 7) is -0.779. The summed E-state index contributed by atoms with van der Waals surface area (Å²) >= 11 is 11.6. The Labute approximate surface area is 107 Å². The Morgan fingerprint density at radius 1 is 1.35 bits per heavy atom. The maximum Gasteiger partial charge on any atom is 0.322 e. The molecule has 92 valence electrons. The minimum absolute atomic E-state index is 0.209. The third kappa shape index (κ3) is 4.50. The number of nitrogens with one attached hydrogen (secondary N) is 1. The van der Waals surface area contributed by atoms with Crippen molar-refractivity contribution < 1.29 is 19.4 Å². The molecule has 0 aliphatic rings. The van der Waals surface area contributed by atoms with Crippen molar-refractivity contribution in [3.63, 3.8) is 0 Å². The van der Waals surface area contributed by atoms with E-state index in [0.717, 1.165) is 0 Å². The SMILES string of the molecule is O=C(O)CNC(=O)COc1cccc(Cl)c1Cl. The fraction of sp³-hybridized carbons (Fsp3) is 0.200. The third-order valence-corrected chi connectivity index (χ3v) is 2.51. The Balaban J connectivity index is 2.47. The molecule has 1 aromatic rings. The van der Waals surface area contributed by atoms with Crippen molar-refractivity contribution in [1.82, 2.24) is 5.32 Å². The number of rotatable bonds is 5. The minimum Gasteiger partial charge on any atom is -0.482 e. The lowest BCUT2D eigenvalue weighted by atomic mass is 10.3. The van der Waals surface area contributed by atoms with Crippen molar-refractivity contribution in [3.05, 3.63) is 28.2 Å². The van der Waals surface area contributed by atoms with Gasteiger partial charge in [0, 0.05) is 0 Å². The van der Waals surface area contributed by atoms with Crippen molar-refractivity contribution in [2.24, 2.45) is 0 Å². The predicted molar refractivity (Wildman–Crippen MR) is 62.6 cm³/mol. The molecule has 0 spiro atoms. The van der Waals surface area contributed by atoms with E-state index in [1.54, 1.807) is 18.2 Å². The molecular weight excluding hydrogens is 269 g/mol. The molecule has 0 aliphatic heterocycles. The van der Waals surface area contributed by atoms with Crippen LogP contribution in [0.2, 0.25) is 10.0 Å². The number of amides is 1. The first-order valence-corrected chi connectivity index (χ1v) is 5.31. The summed E-state index contributed by atoms with van der Waals surface area (Å²) in [5, 5.41) is 11.0. The molecule has 1 rings (SSSR count). The van der Waals surface area contributed by atoms with E-state index >= 15 is 0 Å². The first-order chi connectivity index (χ1) is 8.00. The van der Waals surface area contributed by atoms with Gasteiger partial charge < -0.3 is 15.2 Å². The maximum atomic E-state index is 11.1. The van der Waals surface area contributed by atoms with E-state index in [-0.39, 0.29) is 17.4 Å². The van der Waals surface area contributed by atoms with Crippen LogP contribution in [-0.4, -0.2) is 30.1 Å². The quantitative estimate of drug-likeness (QED) is 0.857. The van der Waals surface area contributed by atoms with Gasteiger partial charge in [-0.3, -0.25) is 9.59 Å². The van der Waals surface area contributed by atoms with Crippen LogP contribution in [0.25, 0.3) is 0 Å². The molecule has 17 heavy (non-hydrogen) atoms. The summed E-state index contributed by atoms with van der Waals surface area (Å²) in [5.74, 6) is -1.41. The van der Waals surface area contributed by atoms with Crippen LogP contribution in [0.15, 0.2) is 18.2 Å². The number of carbonyl (C=O) groups excluding carboxylic acids is 1. The van der Waals surface area contributed by atoms with Crippen LogP contribution < -0.4 is 10.1 Å². The number of benzene rings is 1. The highest BCUT2D eigenvalue weighted by Crippen LogP contribution is 2.31. The van der Waals surface area contributed by atoms with Crippen molar-refractivity contribution in [2.45, 2.75) is 0 Å². The smallest absolute Gasteiger partial charge is 0.322 e. The van der Waals surface area contributed by atoms with E-state index in [1.165, 1.54) is 0 Å². The zero-order valence-corrected chi connectivity index (χ0v) is 10.1. The lowest BCUT2D eigenvalue weighted by molar-refractivity contribution is -0.138. The van der Waals surface area contributed by atoms with Crippen LogP contribution >= 0.6 is 23.2 Å². The van der Waals surface area contributed by atoms with E-state index in [2.05, 4.69) is 5.32 Å². The highest BCUT2D eigenvalue weighted by atomic mass is 35.5. The summed E-state index contributed by atoms with van der Waals surface area (Å²) in [4.78, 5) is 21.3. The molecule has 1 aromatic carbocycles. The minimum atomic E-state index is -1.13. The Kier molecular flexibility index (Phi) is 5.06. The van der Waals surface area contributed by atoms with E-state index in [4.69, 9.17) is 33.0 Å². The highest BCUT2D eigenvalue weighted by molar-refractivity contribution is 6.42. The standard InChI is InChI=1S/C10H9Cl2NO4/c11-6-2-1-3-7(10(6)12)17-5-8(14)13-4-9(15)16/h1-3H,4-5H2,(H,13,14)(H,15,16). The second-order valence-corrected chi connectivity index (χ2v) is 3.80. The number of carboxylic acid groups (broad SMARTS) is 1. The average Bonchev–Trinajstić information content (AvgIpc) is 2.28. The molecule has 0 heterocycles. The van der Waals surface area contributed by atoms with E-state index < -0.39 is 18.4 Å². The molecule has 0 aromatic heterocycles. The number of ether oxygens (including phenoxy) is 1. The molecule has 0 unspecified atom stereocenters. The molecule has 0 saturated heterocycles. The van der Waals surface area contributed by atoms with Crippen LogP contribution in [-0.2, 0) is 9.59 Å². The van der Waals surface area contributed by atoms with Crippen molar-refractivity contribution in [1.29, 1.82) is 0 Å². The number of hydrogen-bond acceptors (Lipinski definition) is 3. The summed E-state index contributed by atoms with van der Waals surface area (Å²) in [6, 6.07) is 4.76. The highest BCUT2D eigenvalue weighted by Gasteiger charge is 2.08. The molecule has 0 bridgehead atoms. The normalized spacial score (nSPS) is 9.76. The van der Waals surface area contributed by atoms with Gasteiger partial charge in [0.05, 0.1) is 5.02 Å². The van der Waals surface area contributed by atoms with Gasteiger partial charge in [0.15, 0.2) is 6.61 Å². The lowest BCUT2D eigenvalue weighted by Gasteiger charge is -2.08. The van der Waals surface area contributed by atoms with Crippen LogP contribution in [0.1, 0.15) is 0 Å². The first kappa shape index (κ1) is 13.6. The molecule has 7 heteroatoms. The van der Waals surface area contributed by atoms with Gasteiger partial charge >= 0.3 is 5.97 Å². The van der Waals surface area contributed by atoms with Gasteiger partial charge in [-0.2, -0.15) is 0 Å². The third-order valence-electron chi connectivity index (χ3n) is 1.71. The van der Waals surface area contributed by atoms with Crippen molar-refractivity contribution in [3.8, 4) is 5.75 Å². The van der Waals surface area contributed by atoms with Crippen LogP contribution in [0.3, 0.4) is 0 Å². The topological polar surface area (TPSA) is 75.6 Å². The van der Waals surface area contributed by atoms with Gasteiger partial charge in [-0.15, -0.1) is 0 Å². The monoisotopic (exact) mass is 277 g/mol. The van der Waals surface area contributed by atoms with E-state index in [1.807, 2.05) is 0 Å². The Morgan fingerprint density at radius 2 is 2.06 bits per heavy atom. The van der Waals surface area contributed by atoms with E-state index in [0.29, 0.717) is 5.02 Å². The largest absolute Gasteiger partial charge is 0.482 e. The molecule has 2 N–H and O–H groups in total. The summed E-state index contributed by atoms with van der Waals surface area (Å²) in [6.07, 6.45) is 0. The number of hydrogen-bond donors (Lipinski definition) is 2. The van der Waals surface area contributed by atoms with Gasteiger partial charge in [0.25, 0.3) is 5.91 Å². The van der Waals surface area contributed by atoms with Crippen molar-refractivity contribution in [2.75, 3.05) is 13.2 Å². The summed E-state index contributed by atoms with van der Waals surface area (Å²) < 4.78 is 5.09. The Bertz CT molecular complexity index is 436. The molecular formula is C10H9Cl2NO4. The van der Waals surface area contributed by atoms with E-state index in [9.17, 15) is 9.59 Å². The Hall–Kier alpha value is -1.46. The fourth-order valence-corrected chi connectivity index (χ4v) is 1.31. The molecule has 0 radical (unpaired) electrons. The second kappa shape index (κ2) is 6.32. The zero-order chi connectivity index (χ0) is 12.8. The first-order valence-electron chi connectivity index (χ1n) is 4.56. The second-order valence-electron chi connectivity index (χ2n) is 3.01. The van der Waals surface area contributed by atoms with Gasteiger partial charge in [-0.25, -0.2) is 0 Å². The number of halogens is 2. The molecule has 0 saturated carbocycles. The molecule has 0 fully saturated rings. The number of carboxylic acids is 1. The average molecular weight is 278 g/mol. The molecule has 0 aliphatic carbocycles. The van der Waals surface area contributed by atoms with Crippen LogP contribution in [0.4, 0.5) is 0 Å². The Morgan fingerprint density at radius 3 is 2.71 bits per heavy atom. The summed E-state index contributed by atoms with van der Waals surface area (Å²) in [5.41, 5.74) is 0. The zero-order valence-electron chi connectivity index (χ0n) is 8.57. The van der Waals surface area contributed by atoms with Crippen LogP contribution in [0, 0.1) is 0 Å². The van der Waals surface area contributed by atoms with Gasteiger partial charge in [0.2, 0.25) is 0 Å². The fourth-order valence-electron chi connectivity index (χ4n) is 0.964. The van der Waals surface area contributed by atoms with Gasteiger partial charge in [-0.05, 0) is 12.1 Å². The summed E-state index contributed by atoms with van der Waals surface area (Å²) in [7, 11) is 0. The lowest BCUT2D eigenvalue weighted by Crippen LogP contribution is -2.33. The maximum absolute atomic E-state index is 11.1. The van der Waals surface area contributed by atoms with Gasteiger partial charge in [-0.1, -0.05) is 29.3 Å². The van der Waals surface area contributed by atoms with Crippen molar-refractivity contribution >= 4 is 35.1 Å². The molecule has 1 amide bonds. The van der Waals surface area contributed by atoms with Gasteiger partial charge in [0.1, 0.15) is 17.3 Å². The van der Waals surface area contributed by atoms with Crippen LogP contribution in [0.5, 0.6) is 5.75 Å².